The smallest absolute Gasteiger partial charge is 0.240 e. The van der Waals surface area contributed by atoms with Crippen molar-refractivity contribution in [2.45, 2.75) is 25.5 Å². The van der Waals surface area contributed by atoms with Gasteiger partial charge in [-0.3, -0.25) is 0 Å². The maximum Gasteiger partial charge on any atom is 0.240 e. The van der Waals surface area contributed by atoms with E-state index in [1.807, 2.05) is 18.2 Å². The van der Waals surface area contributed by atoms with Gasteiger partial charge < -0.3 is 14.6 Å². The average molecular weight is 309 g/mol. The van der Waals surface area contributed by atoms with Gasteiger partial charge in [0, 0.05) is 18.7 Å². The molecule has 0 bridgehead atoms. The van der Waals surface area contributed by atoms with Gasteiger partial charge in [-0.25, -0.2) is 0 Å². The highest BCUT2D eigenvalue weighted by Crippen LogP contribution is 2.22. The number of aromatic nitrogens is 2. The van der Waals surface area contributed by atoms with Crippen LogP contribution in [0.5, 0.6) is 0 Å². The molecule has 0 saturated carbocycles. The molecule has 1 aliphatic heterocycles. The lowest BCUT2D eigenvalue weighted by molar-refractivity contribution is 0.109. The Labute approximate surface area is 134 Å². The standard InChI is InChI=1S/C18H19N3O2/c1-2-5-14-10-15(8-7-13(14)4-1)18-20-17(23-21-18)12-19-11-16-6-3-9-22-16/h1-2,4-5,7-8,10,16,19H,3,6,9,11-12H2. The Hall–Kier alpha value is -2.24. The van der Waals surface area contributed by atoms with Gasteiger partial charge in [-0.05, 0) is 29.7 Å². The predicted molar refractivity (Wildman–Crippen MR) is 87.9 cm³/mol. The van der Waals surface area contributed by atoms with E-state index in [-0.39, 0.29) is 0 Å². The average Bonchev–Trinajstić information content (AvgIpc) is 3.26. The van der Waals surface area contributed by atoms with E-state index in [0.29, 0.717) is 24.4 Å². The summed E-state index contributed by atoms with van der Waals surface area (Å²) in [6.07, 6.45) is 2.59. The highest BCUT2D eigenvalue weighted by molar-refractivity contribution is 5.86. The first-order valence-electron chi connectivity index (χ1n) is 8.02. The molecule has 118 valence electrons. The number of nitrogens with zero attached hydrogens (tertiary/aromatic N) is 2. The number of fused-ring (bicyclic) bond motifs is 1. The second-order valence-electron chi connectivity index (χ2n) is 5.84. The summed E-state index contributed by atoms with van der Waals surface area (Å²) in [5.74, 6) is 1.23. The summed E-state index contributed by atoms with van der Waals surface area (Å²) in [6.45, 7) is 2.27. The van der Waals surface area contributed by atoms with E-state index >= 15 is 0 Å². The van der Waals surface area contributed by atoms with Gasteiger partial charge in [0.2, 0.25) is 11.7 Å². The van der Waals surface area contributed by atoms with Crippen molar-refractivity contribution in [1.29, 1.82) is 0 Å². The van der Waals surface area contributed by atoms with Crippen LogP contribution in [0.1, 0.15) is 18.7 Å². The zero-order valence-electron chi connectivity index (χ0n) is 12.9. The van der Waals surface area contributed by atoms with Crippen molar-refractivity contribution in [3.63, 3.8) is 0 Å². The molecule has 0 amide bonds. The summed E-state index contributed by atoms with van der Waals surface area (Å²) in [4.78, 5) is 4.47. The molecule has 5 heteroatoms. The molecule has 23 heavy (non-hydrogen) atoms. The lowest BCUT2D eigenvalue weighted by Crippen LogP contribution is -2.25. The van der Waals surface area contributed by atoms with Crippen LogP contribution in [-0.4, -0.2) is 29.4 Å². The summed E-state index contributed by atoms with van der Waals surface area (Å²) >= 11 is 0. The second kappa shape index (κ2) is 6.48. The lowest BCUT2D eigenvalue weighted by atomic mass is 10.1. The van der Waals surface area contributed by atoms with E-state index in [0.717, 1.165) is 31.6 Å². The fourth-order valence-electron chi connectivity index (χ4n) is 2.92. The Morgan fingerprint density at radius 3 is 2.91 bits per heavy atom. The maximum atomic E-state index is 5.58. The van der Waals surface area contributed by atoms with Gasteiger partial charge in [0.05, 0.1) is 12.6 Å². The van der Waals surface area contributed by atoms with Crippen molar-refractivity contribution in [2.24, 2.45) is 0 Å². The number of rotatable bonds is 5. The second-order valence-corrected chi connectivity index (χ2v) is 5.84. The Balaban J connectivity index is 1.43. The fraction of sp³-hybridized carbons (Fsp3) is 0.333. The molecule has 1 unspecified atom stereocenters. The molecule has 0 radical (unpaired) electrons. The molecule has 5 nitrogen and oxygen atoms in total. The molecule has 1 aliphatic rings. The van der Waals surface area contributed by atoms with Gasteiger partial charge in [0.15, 0.2) is 0 Å². The van der Waals surface area contributed by atoms with Crippen LogP contribution in [0, 0.1) is 0 Å². The Bertz CT molecular complexity index is 794. The van der Waals surface area contributed by atoms with E-state index in [4.69, 9.17) is 9.26 Å². The summed E-state index contributed by atoms with van der Waals surface area (Å²) in [7, 11) is 0. The van der Waals surface area contributed by atoms with Crippen molar-refractivity contribution in [3.8, 4) is 11.4 Å². The molecule has 0 spiro atoms. The van der Waals surface area contributed by atoms with Gasteiger partial charge in [-0.2, -0.15) is 4.98 Å². The minimum absolute atomic E-state index is 0.317. The van der Waals surface area contributed by atoms with Crippen LogP contribution in [0.25, 0.3) is 22.2 Å². The third-order valence-electron chi connectivity index (χ3n) is 4.15. The molecule has 2 heterocycles. The minimum Gasteiger partial charge on any atom is -0.377 e. The number of ether oxygens (including phenoxy) is 1. The van der Waals surface area contributed by atoms with Gasteiger partial charge >= 0.3 is 0 Å². The third-order valence-corrected chi connectivity index (χ3v) is 4.15. The van der Waals surface area contributed by atoms with Crippen molar-refractivity contribution in [1.82, 2.24) is 15.5 Å². The van der Waals surface area contributed by atoms with Gasteiger partial charge in [0.25, 0.3) is 0 Å². The number of nitrogens with one attached hydrogen (secondary N) is 1. The van der Waals surface area contributed by atoms with Gasteiger partial charge in [-0.15, -0.1) is 0 Å². The van der Waals surface area contributed by atoms with E-state index in [1.165, 1.54) is 10.8 Å². The summed E-state index contributed by atoms with van der Waals surface area (Å²) < 4.78 is 10.9. The molecule has 1 fully saturated rings. The van der Waals surface area contributed by atoms with E-state index in [1.54, 1.807) is 0 Å². The largest absolute Gasteiger partial charge is 0.377 e. The first kappa shape index (κ1) is 14.4. The quantitative estimate of drug-likeness (QED) is 0.784. The van der Waals surface area contributed by atoms with Crippen molar-refractivity contribution in [3.05, 3.63) is 48.4 Å². The van der Waals surface area contributed by atoms with Crippen LogP contribution in [0.4, 0.5) is 0 Å². The van der Waals surface area contributed by atoms with Crippen molar-refractivity contribution in [2.75, 3.05) is 13.2 Å². The minimum atomic E-state index is 0.317. The van der Waals surface area contributed by atoms with E-state index < -0.39 is 0 Å². The zero-order valence-corrected chi connectivity index (χ0v) is 12.9. The summed E-state index contributed by atoms with van der Waals surface area (Å²) in [5, 5.41) is 9.78. The number of benzene rings is 2. The van der Waals surface area contributed by atoms with Crippen LogP contribution < -0.4 is 5.32 Å². The molecular weight excluding hydrogens is 290 g/mol. The van der Waals surface area contributed by atoms with E-state index in [2.05, 4.69) is 39.7 Å². The highest BCUT2D eigenvalue weighted by Gasteiger charge is 2.15. The van der Waals surface area contributed by atoms with Crippen molar-refractivity contribution >= 4 is 10.8 Å². The monoisotopic (exact) mass is 309 g/mol. The summed E-state index contributed by atoms with van der Waals surface area (Å²) in [6, 6.07) is 14.4. The number of hydrogen-bond donors (Lipinski definition) is 1. The third kappa shape index (κ3) is 3.25. The van der Waals surface area contributed by atoms with Crippen molar-refractivity contribution < 1.29 is 9.26 Å². The van der Waals surface area contributed by atoms with Gasteiger partial charge in [0.1, 0.15) is 0 Å². The Kier molecular flexibility index (Phi) is 4.05. The fourth-order valence-corrected chi connectivity index (χ4v) is 2.92. The van der Waals surface area contributed by atoms with Crippen LogP contribution >= 0.6 is 0 Å². The topological polar surface area (TPSA) is 60.2 Å². The maximum absolute atomic E-state index is 5.58. The van der Waals surface area contributed by atoms with Crippen LogP contribution in [0.3, 0.4) is 0 Å². The van der Waals surface area contributed by atoms with Gasteiger partial charge in [-0.1, -0.05) is 41.6 Å². The summed E-state index contributed by atoms with van der Waals surface area (Å²) in [5.41, 5.74) is 0.970. The molecular formula is C18H19N3O2. The first-order chi connectivity index (χ1) is 11.4. The first-order valence-corrected chi connectivity index (χ1v) is 8.02. The van der Waals surface area contributed by atoms with Crippen LogP contribution in [0.15, 0.2) is 47.0 Å². The molecule has 1 atom stereocenters. The lowest BCUT2D eigenvalue weighted by Gasteiger charge is -2.08. The number of hydrogen-bond acceptors (Lipinski definition) is 5. The predicted octanol–water partition coefficient (Wildman–Crippen LogP) is 3.16. The molecule has 1 saturated heterocycles. The SMILES string of the molecule is c1ccc2cc(-c3noc(CNCC4CCCO4)n3)ccc2c1. The van der Waals surface area contributed by atoms with Crippen LogP contribution in [0.2, 0.25) is 0 Å². The Morgan fingerprint density at radius 1 is 1.13 bits per heavy atom. The molecule has 2 aromatic carbocycles. The molecule has 0 aliphatic carbocycles. The Morgan fingerprint density at radius 2 is 2.04 bits per heavy atom. The molecule has 1 N–H and O–H groups in total. The molecule has 1 aromatic heterocycles. The van der Waals surface area contributed by atoms with E-state index in [9.17, 15) is 0 Å². The zero-order chi connectivity index (χ0) is 15.5. The normalized spacial score (nSPS) is 17.8. The highest BCUT2D eigenvalue weighted by atomic mass is 16.5. The van der Waals surface area contributed by atoms with Crippen LogP contribution in [-0.2, 0) is 11.3 Å². The molecule has 3 aromatic rings. The molecule has 4 rings (SSSR count).